The Morgan fingerprint density at radius 2 is 1.62 bits per heavy atom. The number of imide groups is 1. The minimum atomic E-state index is -0.869. The second kappa shape index (κ2) is 7.37. The number of fused-ring (bicyclic) bond motifs is 1. The molecule has 3 aromatic rings. The third-order valence-corrected chi connectivity index (χ3v) is 6.14. The molecule has 0 radical (unpaired) electrons. The Labute approximate surface area is 184 Å². The molecule has 1 aromatic heterocycles. The molecule has 0 spiro atoms. The van der Waals surface area contributed by atoms with Crippen LogP contribution in [0.1, 0.15) is 28.1 Å². The van der Waals surface area contributed by atoms with Gasteiger partial charge >= 0.3 is 0 Å². The molecular weight excluding hydrogens is 408 g/mol. The van der Waals surface area contributed by atoms with Crippen molar-refractivity contribution >= 4 is 17.5 Å². The second-order valence-corrected chi connectivity index (χ2v) is 8.28. The number of rotatable bonds is 4. The molecule has 1 fully saturated rings. The molecule has 0 saturated carbocycles. The van der Waals surface area contributed by atoms with E-state index in [1.165, 1.54) is 15.5 Å². The number of hydrogen-bond donors (Lipinski definition) is 0. The van der Waals surface area contributed by atoms with Crippen LogP contribution in [-0.4, -0.2) is 39.0 Å². The van der Waals surface area contributed by atoms with Crippen LogP contribution in [-0.2, 0) is 16.1 Å². The lowest BCUT2D eigenvalue weighted by atomic mass is 10.1. The summed E-state index contributed by atoms with van der Waals surface area (Å²) in [5, 5.41) is 13.6. The maximum atomic E-state index is 13.2. The van der Waals surface area contributed by atoms with Gasteiger partial charge < -0.3 is 4.52 Å². The van der Waals surface area contributed by atoms with Crippen molar-refractivity contribution in [2.45, 2.75) is 46.3 Å². The Morgan fingerprint density at radius 3 is 2.34 bits per heavy atom. The SMILES string of the molecule is Cc1ccc(-c2noc(CN3N=N[C@@H]4C(=O)N(c5ccc(C)c(C)c5)C(=O)[C@@H]43)n2)cc1C. The number of carbonyl (C=O) groups is 2. The van der Waals surface area contributed by atoms with Crippen LogP contribution in [0.25, 0.3) is 11.4 Å². The monoisotopic (exact) mass is 430 g/mol. The van der Waals surface area contributed by atoms with Crippen LogP contribution in [0.3, 0.4) is 0 Å². The predicted molar refractivity (Wildman–Crippen MR) is 116 cm³/mol. The quantitative estimate of drug-likeness (QED) is 0.587. The topological polar surface area (TPSA) is 104 Å². The summed E-state index contributed by atoms with van der Waals surface area (Å²) < 4.78 is 5.39. The summed E-state index contributed by atoms with van der Waals surface area (Å²) in [6.07, 6.45) is 0. The molecule has 32 heavy (non-hydrogen) atoms. The van der Waals surface area contributed by atoms with Crippen molar-refractivity contribution < 1.29 is 14.1 Å². The van der Waals surface area contributed by atoms with E-state index in [1.807, 2.05) is 58.0 Å². The molecule has 0 aliphatic carbocycles. The molecule has 9 heteroatoms. The van der Waals surface area contributed by atoms with Gasteiger partial charge in [0.2, 0.25) is 11.7 Å². The standard InChI is InChI=1S/C23H22N6O3/c1-12-5-7-16(9-14(12)3)21-24-18(32-26-21)11-28-20-19(25-27-28)22(30)29(23(20)31)17-8-6-13(2)15(4)10-17/h5-10,19-20H,11H2,1-4H3/t19-,20+/m0/s1. The number of nitrogens with zero attached hydrogens (tertiary/aromatic N) is 6. The van der Waals surface area contributed by atoms with Gasteiger partial charge in [-0.25, -0.2) is 4.90 Å². The summed E-state index contributed by atoms with van der Waals surface area (Å²) in [5.74, 6) is 0.0158. The highest BCUT2D eigenvalue weighted by atomic mass is 16.5. The Bertz CT molecular complexity index is 1280. The van der Waals surface area contributed by atoms with Crippen LogP contribution < -0.4 is 4.90 Å². The van der Waals surface area contributed by atoms with Crippen LogP contribution >= 0.6 is 0 Å². The molecular formula is C23H22N6O3. The molecule has 9 nitrogen and oxygen atoms in total. The first-order valence-corrected chi connectivity index (χ1v) is 10.4. The molecule has 5 rings (SSSR count). The number of carbonyl (C=O) groups excluding carboxylic acids is 2. The van der Waals surface area contributed by atoms with Gasteiger partial charge in [-0.15, -0.1) is 0 Å². The summed E-state index contributed by atoms with van der Waals surface area (Å²) in [6.45, 7) is 8.07. The first-order valence-electron chi connectivity index (χ1n) is 10.4. The lowest BCUT2D eigenvalue weighted by Crippen LogP contribution is -2.39. The number of aromatic nitrogens is 2. The Kier molecular flexibility index (Phi) is 4.61. The predicted octanol–water partition coefficient (Wildman–Crippen LogP) is 3.46. The van der Waals surface area contributed by atoms with Gasteiger partial charge in [0.25, 0.3) is 11.8 Å². The molecule has 2 atom stereocenters. The zero-order valence-corrected chi connectivity index (χ0v) is 18.2. The number of benzene rings is 2. The molecule has 2 amide bonds. The molecule has 2 aromatic carbocycles. The van der Waals surface area contributed by atoms with Gasteiger partial charge in [-0.3, -0.25) is 14.6 Å². The summed E-state index contributed by atoms with van der Waals surface area (Å²) in [5.41, 5.74) is 5.79. The van der Waals surface area contributed by atoms with E-state index in [9.17, 15) is 9.59 Å². The molecule has 2 aliphatic rings. The highest BCUT2D eigenvalue weighted by Gasteiger charge is 2.55. The summed E-state index contributed by atoms with van der Waals surface area (Å²) in [4.78, 5) is 31.7. The average Bonchev–Trinajstić information content (AvgIpc) is 3.45. The summed E-state index contributed by atoms with van der Waals surface area (Å²) in [6, 6.07) is 9.75. The molecule has 2 aliphatic heterocycles. The van der Waals surface area contributed by atoms with E-state index < -0.39 is 12.1 Å². The maximum absolute atomic E-state index is 13.2. The number of amides is 2. The van der Waals surface area contributed by atoms with Gasteiger partial charge in [0.15, 0.2) is 12.1 Å². The summed E-state index contributed by atoms with van der Waals surface area (Å²) >= 11 is 0. The van der Waals surface area contributed by atoms with Gasteiger partial charge in [-0.2, -0.15) is 10.1 Å². The smallest absolute Gasteiger partial charge is 0.263 e. The first kappa shape index (κ1) is 20.0. The second-order valence-electron chi connectivity index (χ2n) is 8.28. The van der Waals surface area contributed by atoms with Gasteiger partial charge in [0.05, 0.1) is 5.69 Å². The van der Waals surface area contributed by atoms with E-state index >= 15 is 0 Å². The normalized spacial score (nSPS) is 19.9. The van der Waals surface area contributed by atoms with Crippen LogP contribution in [0, 0.1) is 27.7 Å². The molecule has 1 saturated heterocycles. The largest absolute Gasteiger partial charge is 0.337 e. The fraction of sp³-hybridized carbons (Fsp3) is 0.304. The Hall–Kier alpha value is -3.88. The van der Waals surface area contributed by atoms with Gasteiger partial charge in [-0.1, -0.05) is 28.6 Å². The van der Waals surface area contributed by atoms with E-state index in [1.54, 1.807) is 6.07 Å². The van der Waals surface area contributed by atoms with E-state index in [-0.39, 0.29) is 18.4 Å². The molecule has 0 N–H and O–H groups in total. The van der Waals surface area contributed by atoms with Crippen LogP contribution in [0.15, 0.2) is 51.3 Å². The highest BCUT2D eigenvalue weighted by molar-refractivity contribution is 6.25. The number of aryl methyl sites for hydroxylation is 4. The van der Waals surface area contributed by atoms with Crippen molar-refractivity contribution in [3.63, 3.8) is 0 Å². The molecule has 162 valence electrons. The zero-order valence-electron chi connectivity index (χ0n) is 18.2. The first-order chi connectivity index (χ1) is 15.3. The molecule has 3 heterocycles. The van der Waals surface area contributed by atoms with Crippen molar-refractivity contribution in [3.8, 4) is 11.4 Å². The Morgan fingerprint density at radius 1 is 0.906 bits per heavy atom. The van der Waals surface area contributed by atoms with Gasteiger partial charge in [0.1, 0.15) is 6.54 Å². The van der Waals surface area contributed by atoms with E-state index in [2.05, 4.69) is 20.5 Å². The fourth-order valence-corrected chi connectivity index (χ4v) is 3.93. The molecule has 0 unspecified atom stereocenters. The summed E-state index contributed by atoms with van der Waals surface area (Å²) in [7, 11) is 0. The highest BCUT2D eigenvalue weighted by Crippen LogP contribution is 2.33. The third kappa shape index (κ3) is 3.17. The Balaban J connectivity index is 1.37. The van der Waals surface area contributed by atoms with Crippen molar-refractivity contribution in [3.05, 3.63) is 64.5 Å². The van der Waals surface area contributed by atoms with Crippen LogP contribution in [0.5, 0.6) is 0 Å². The fourth-order valence-electron chi connectivity index (χ4n) is 3.93. The minimum Gasteiger partial charge on any atom is -0.337 e. The van der Waals surface area contributed by atoms with Crippen molar-refractivity contribution in [1.82, 2.24) is 15.1 Å². The lowest BCUT2D eigenvalue weighted by molar-refractivity contribution is -0.123. The van der Waals surface area contributed by atoms with Gasteiger partial charge in [-0.05, 0) is 68.1 Å². The zero-order chi connectivity index (χ0) is 22.6. The number of anilines is 1. The molecule has 0 bridgehead atoms. The van der Waals surface area contributed by atoms with Crippen LogP contribution in [0.2, 0.25) is 0 Å². The van der Waals surface area contributed by atoms with Crippen molar-refractivity contribution in [1.29, 1.82) is 0 Å². The van der Waals surface area contributed by atoms with Crippen molar-refractivity contribution in [2.24, 2.45) is 10.3 Å². The van der Waals surface area contributed by atoms with Gasteiger partial charge in [0, 0.05) is 5.56 Å². The number of hydrogen-bond acceptors (Lipinski definition) is 8. The van der Waals surface area contributed by atoms with E-state index in [0.717, 1.165) is 22.3 Å². The minimum absolute atomic E-state index is 0.0856. The third-order valence-electron chi connectivity index (χ3n) is 6.14. The average molecular weight is 430 g/mol. The van der Waals surface area contributed by atoms with E-state index in [0.29, 0.717) is 17.4 Å². The van der Waals surface area contributed by atoms with E-state index in [4.69, 9.17) is 4.52 Å². The lowest BCUT2D eigenvalue weighted by Gasteiger charge is -2.19. The van der Waals surface area contributed by atoms with Crippen LogP contribution in [0.4, 0.5) is 5.69 Å². The maximum Gasteiger partial charge on any atom is 0.263 e. The van der Waals surface area contributed by atoms with Crippen molar-refractivity contribution in [2.75, 3.05) is 4.90 Å².